The fourth-order valence-electron chi connectivity index (χ4n) is 2.42. The summed E-state index contributed by atoms with van der Waals surface area (Å²) < 4.78 is 28.1. The number of nitriles is 1. The Balaban J connectivity index is 2.39. The van der Waals surface area contributed by atoms with Crippen molar-refractivity contribution < 1.29 is 8.42 Å². The van der Waals surface area contributed by atoms with Crippen molar-refractivity contribution >= 4 is 10.0 Å². The maximum absolute atomic E-state index is 12.4. The minimum Gasteiger partial charge on any atom is -0.335 e. The highest BCUT2D eigenvalue weighted by atomic mass is 32.2. The maximum Gasteiger partial charge on any atom is 0.243 e. The van der Waals surface area contributed by atoms with Gasteiger partial charge in [-0.3, -0.25) is 0 Å². The Morgan fingerprint density at radius 1 is 1.09 bits per heavy atom. The van der Waals surface area contributed by atoms with Crippen molar-refractivity contribution in [2.24, 2.45) is 7.05 Å². The molecule has 0 N–H and O–H groups in total. The predicted molar refractivity (Wildman–Crippen MR) is 85.7 cm³/mol. The second kappa shape index (κ2) is 6.34. The molecule has 0 aliphatic heterocycles. The molecule has 0 aliphatic carbocycles. The van der Waals surface area contributed by atoms with Crippen molar-refractivity contribution in [1.82, 2.24) is 8.87 Å². The van der Waals surface area contributed by atoms with E-state index in [-0.39, 0.29) is 4.90 Å². The summed E-state index contributed by atoms with van der Waals surface area (Å²) in [7, 11) is -1.62. The molecule has 0 amide bonds. The number of nitrogens with zero attached hydrogens (tertiary/aromatic N) is 3. The molecule has 22 heavy (non-hydrogen) atoms. The molecule has 0 saturated heterocycles. The molecular formula is C16H19N3O2S. The second-order valence-electron chi connectivity index (χ2n) is 4.89. The van der Waals surface area contributed by atoms with Gasteiger partial charge in [-0.2, -0.15) is 9.57 Å². The highest BCUT2D eigenvalue weighted by Gasteiger charge is 2.21. The quantitative estimate of drug-likeness (QED) is 0.851. The summed E-state index contributed by atoms with van der Waals surface area (Å²) in [6.07, 6.45) is 0. The SMILES string of the molecule is CCN(CC)S(=O)(=O)c1ccc(-c2ccc(C#N)n2C)cc1. The maximum atomic E-state index is 12.4. The lowest BCUT2D eigenvalue weighted by atomic mass is 10.1. The molecule has 0 atom stereocenters. The average Bonchev–Trinajstić information content (AvgIpc) is 2.89. The number of benzene rings is 1. The summed E-state index contributed by atoms with van der Waals surface area (Å²) in [6, 6.07) is 12.5. The van der Waals surface area contributed by atoms with Crippen molar-refractivity contribution in [3.63, 3.8) is 0 Å². The minimum absolute atomic E-state index is 0.287. The first-order valence-electron chi connectivity index (χ1n) is 7.12. The van der Waals surface area contributed by atoms with Gasteiger partial charge in [0.15, 0.2) is 0 Å². The van der Waals surface area contributed by atoms with Gasteiger partial charge >= 0.3 is 0 Å². The van der Waals surface area contributed by atoms with Gasteiger partial charge in [0.05, 0.1) is 4.90 Å². The van der Waals surface area contributed by atoms with Gasteiger partial charge in [-0.25, -0.2) is 8.42 Å². The second-order valence-corrected chi connectivity index (χ2v) is 6.83. The van der Waals surface area contributed by atoms with Crippen LogP contribution in [0.2, 0.25) is 0 Å². The molecule has 1 aromatic carbocycles. The van der Waals surface area contributed by atoms with Crippen LogP contribution in [0.3, 0.4) is 0 Å². The van der Waals surface area contributed by atoms with Gasteiger partial charge in [0.1, 0.15) is 11.8 Å². The van der Waals surface area contributed by atoms with Crippen LogP contribution in [-0.4, -0.2) is 30.4 Å². The van der Waals surface area contributed by atoms with Gasteiger partial charge in [-0.15, -0.1) is 0 Å². The van der Waals surface area contributed by atoms with Crippen LogP contribution in [0.4, 0.5) is 0 Å². The molecule has 0 fully saturated rings. The standard InChI is InChI=1S/C16H19N3O2S/c1-4-19(5-2)22(20,21)15-9-6-13(7-10-15)16-11-8-14(12-17)18(16)3/h6-11H,4-5H2,1-3H3. The van der Waals surface area contributed by atoms with E-state index in [0.717, 1.165) is 11.3 Å². The monoisotopic (exact) mass is 317 g/mol. The molecule has 116 valence electrons. The van der Waals surface area contributed by atoms with E-state index in [1.807, 2.05) is 27.0 Å². The lowest BCUT2D eigenvalue weighted by molar-refractivity contribution is 0.445. The summed E-state index contributed by atoms with van der Waals surface area (Å²) in [6.45, 7) is 4.54. The smallest absolute Gasteiger partial charge is 0.243 e. The van der Waals surface area contributed by atoms with Crippen LogP contribution in [0, 0.1) is 11.3 Å². The third kappa shape index (κ3) is 2.78. The van der Waals surface area contributed by atoms with Crippen LogP contribution in [0.15, 0.2) is 41.3 Å². The lowest BCUT2D eigenvalue weighted by Crippen LogP contribution is -2.30. The van der Waals surface area contributed by atoms with E-state index >= 15 is 0 Å². The highest BCUT2D eigenvalue weighted by molar-refractivity contribution is 7.89. The van der Waals surface area contributed by atoms with Crippen molar-refractivity contribution in [3.8, 4) is 17.3 Å². The van der Waals surface area contributed by atoms with E-state index in [0.29, 0.717) is 18.8 Å². The molecule has 0 bridgehead atoms. The van der Waals surface area contributed by atoms with Gasteiger partial charge in [0.25, 0.3) is 0 Å². The van der Waals surface area contributed by atoms with Crippen molar-refractivity contribution in [2.45, 2.75) is 18.7 Å². The first-order valence-corrected chi connectivity index (χ1v) is 8.56. The molecule has 0 saturated carbocycles. The Kier molecular flexibility index (Phi) is 4.69. The van der Waals surface area contributed by atoms with Gasteiger partial charge < -0.3 is 4.57 Å². The summed E-state index contributed by atoms with van der Waals surface area (Å²) in [5.41, 5.74) is 2.32. The molecule has 5 nitrogen and oxygen atoms in total. The average molecular weight is 317 g/mol. The first-order chi connectivity index (χ1) is 10.5. The summed E-state index contributed by atoms with van der Waals surface area (Å²) >= 11 is 0. The first kappa shape index (κ1) is 16.3. The van der Waals surface area contributed by atoms with Crippen LogP contribution in [0.1, 0.15) is 19.5 Å². The Morgan fingerprint density at radius 3 is 2.14 bits per heavy atom. The Morgan fingerprint density at radius 2 is 1.68 bits per heavy atom. The molecule has 0 aliphatic rings. The minimum atomic E-state index is -3.44. The van der Waals surface area contributed by atoms with E-state index in [1.165, 1.54) is 4.31 Å². The summed E-state index contributed by atoms with van der Waals surface area (Å²) in [5, 5.41) is 8.99. The highest BCUT2D eigenvalue weighted by Crippen LogP contribution is 2.24. The van der Waals surface area contributed by atoms with Crippen LogP contribution < -0.4 is 0 Å². The molecule has 2 rings (SSSR count). The molecule has 1 heterocycles. The van der Waals surface area contributed by atoms with Crippen molar-refractivity contribution in [2.75, 3.05) is 13.1 Å². The van der Waals surface area contributed by atoms with Crippen LogP contribution in [-0.2, 0) is 17.1 Å². The van der Waals surface area contributed by atoms with Gasteiger partial charge in [-0.05, 0) is 29.8 Å². The predicted octanol–water partition coefficient (Wildman–Crippen LogP) is 2.59. The number of hydrogen-bond donors (Lipinski definition) is 0. The molecule has 6 heteroatoms. The van der Waals surface area contributed by atoms with E-state index in [9.17, 15) is 8.42 Å². The molecule has 2 aromatic rings. The van der Waals surface area contributed by atoms with E-state index < -0.39 is 10.0 Å². The van der Waals surface area contributed by atoms with Gasteiger partial charge in [0, 0.05) is 25.8 Å². The van der Waals surface area contributed by atoms with Gasteiger partial charge in [0.2, 0.25) is 10.0 Å². The topological polar surface area (TPSA) is 66.1 Å². The molecule has 1 aromatic heterocycles. The van der Waals surface area contributed by atoms with Gasteiger partial charge in [-0.1, -0.05) is 26.0 Å². The van der Waals surface area contributed by atoms with Crippen LogP contribution in [0.5, 0.6) is 0 Å². The number of aromatic nitrogens is 1. The largest absolute Gasteiger partial charge is 0.335 e. The third-order valence-corrected chi connectivity index (χ3v) is 5.79. The number of rotatable bonds is 5. The Bertz CT molecular complexity index is 795. The molecular weight excluding hydrogens is 298 g/mol. The van der Waals surface area contributed by atoms with E-state index in [1.54, 1.807) is 34.9 Å². The van der Waals surface area contributed by atoms with Crippen molar-refractivity contribution in [3.05, 3.63) is 42.1 Å². The fourth-order valence-corrected chi connectivity index (χ4v) is 3.88. The zero-order valence-corrected chi connectivity index (χ0v) is 13.8. The van der Waals surface area contributed by atoms with Crippen LogP contribution >= 0.6 is 0 Å². The Labute approximate surface area is 131 Å². The van der Waals surface area contributed by atoms with Crippen molar-refractivity contribution in [1.29, 1.82) is 5.26 Å². The fraction of sp³-hybridized carbons (Fsp3) is 0.312. The summed E-state index contributed by atoms with van der Waals surface area (Å²) in [4.78, 5) is 0.287. The lowest BCUT2D eigenvalue weighted by Gasteiger charge is -2.18. The number of sulfonamides is 1. The van der Waals surface area contributed by atoms with E-state index in [4.69, 9.17) is 5.26 Å². The van der Waals surface area contributed by atoms with Crippen LogP contribution in [0.25, 0.3) is 11.3 Å². The zero-order valence-electron chi connectivity index (χ0n) is 12.9. The van der Waals surface area contributed by atoms with E-state index in [2.05, 4.69) is 6.07 Å². The summed E-state index contributed by atoms with van der Waals surface area (Å²) in [5.74, 6) is 0. The molecule has 0 radical (unpaired) electrons. The normalized spacial score (nSPS) is 11.6. The molecule has 0 spiro atoms. The third-order valence-electron chi connectivity index (χ3n) is 3.73. The number of hydrogen-bond acceptors (Lipinski definition) is 3. The zero-order chi connectivity index (χ0) is 16.3. The Hall–Kier alpha value is -2.10. The molecule has 0 unspecified atom stereocenters.